The molecule has 0 unspecified atom stereocenters. The van der Waals surface area contributed by atoms with Crippen LogP contribution in [0.15, 0.2) is 46.1 Å². The first-order valence-electron chi connectivity index (χ1n) is 10.0. The maximum atomic E-state index is 13.0. The average Bonchev–Trinajstić information content (AvgIpc) is 3.30. The van der Waals surface area contributed by atoms with E-state index in [4.69, 9.17) is 4.42 Å². The maximum absolute atomic E-state index is 13.0. The first kappa shape index (κ1) is 22.4. The molecule has 0 spiro atoms. The Balaban J connectivity index is 1.54. The number of aliphatic imine (C=N–C) groups is 1. The second-order valence-corrected chi connectivity index (χ2v) is 6.82. The second-order valence-electron chi connectivity index (χ2n) is 6.82. The van der Waals surface area contributed by atoms with Gasteiger partial charge in [-0.05, 0) is 31.2 Å². The van der Waals surface area contributed by atoms with Crippen LogP contribution >= 0.6 is 0 Å². The Labute approximate surface area is 178 Å². The van der Waals surface area contributed by atoms with Gasteiger partial charge in [-0.1, -0.05) is 0 Å². The number of anilines is 1. The average molecular weight is 438 g/mol. The molecule has 2 aromatic rings. The fraction of sp³-hybridized carbons (Fsp3) is 0.450. The van der Waals surface area contributed by atoms with Crippen molar-refractivity contribution in [1.82, 2.24) is 20.1 Å². The van der Waals surface area contributed by atoms with Crippen LogP contribution < -0.4 is 10.6 Å². The topological polar surface area (TPSA) is 86.0 Å². The van der Waals surface area contributed by atoms with Gasteiger partial charge in [0, 0.05) is 45.5 Å². The SMILES string of the molecule is CCNC(=NCCNc1ncccc1C(F)(F)F)N1CCN(C(=O)c2ccco2)CC1. The fourth-order valence-electron chi connectivity index (χ4n) is 3.21. The smallest absolute Gasteiger partial charge is 0.419 e. The van der Waals surface area contributed by atoms with Crippen molar-refractivity contribution in [1.29, 1.82) is 0 Å². The number of guanidine groups is 1. The molecule has 168 valence electrons. The minimum atomic E-state index is -4.47. The molecule has 1 aliphatic heterocycles. The Kier molecular flexibility index (Phi) is 7.37. The van der Waals surface area contributed by atoms with Gasteiger partial charge in [0.1, 0.15) is 5.82 Å². The number of carbonyl (C=O) groups excluding carboxylic acids is 1. The number of nitrogens with zero attached hydrogens (tertiary/aromatic N) is 4. The molecule has 0 atom stereocenters. The number of halogens is 3. The van der Waals surface area contributed by atoms with E-state index >= 15 is 0 Å². The van der Waals surface area contributed by atoms with Crippen LogP contribution in [-0.2, 0) is 6.18 Å². The Morgan fingerprint density at radius 1 is 1.19 bits per heavy atom. The van der Waals surface area contributed by atoms with E-state index in [2.05, 4.69) is 20.6 Å². The summed E-state index contributed by atoms with van der Waals surface area (Å²) in [6, 6.07) is 5.56. The number of pyridine rings is 1. The fourth-order valence-corrected chi connectivity index (χ4v) is 3.21. The number of rotatable bonds is 6. The molecule has 1 fully saturated rings. The lowest BCUT2D eigenvalue weighted by atomic mass is 10.2. The number of aromatic nitrogens is 1. The molecule has 31 heavy (non-hydrogen) atoms. The molecule has 0 aromatic carbocycles. The summed E-state index contributed by atoms with van der Waals surface area (Å²) in [4.78, 5) is 24.4. The van der Waals surface area contributed by atoms with Crippen molar-refractivity contribution in [2.75, 3.05) is 51.1 Å². The standard InChI is InChI=1S/C20H25F3N6O2/c1-2-24-19(27-9-8-26-17-15(20(21,22)23)5-3-7-25-17)29-12-10-28(11-13-29)18(30)16-6-4-14-31-16/h3-7,14H,2,8-13H2,1H3,(H,24,27)(H,25,26). The lowest BCUT2D eigenvalue weighted by Gasteiger charge is -2.36. The zero-order valence-corrected chi connectivity index (χ0v) is 17.2. The number of carbonyl (C=O) groups is 1. The van der Waals surface area contributed by atoms with Crippen LogP contribution in [0.3, 0.4) is 0 Å². The largest absolute Gasteiger partial charge is 0.459 e. The molecular formula is C20H25F3N6O2. The number of hydrogen-bond donors (Lipinski definition) is 2. The van der Waals surface area contributed by atoms with E-state index < -0.39 is 11.7 Å². The summed E-state index contributed by atoms with van der Waals surface area (Å²) >= 11 is 0. The highest BCUT2D eigenvalue weighted by molar-refractivity contribution is 5.91. The third-order valence-electron chi connectivity index (χ3n) is 4.71. The Morgan fingerprint density at radius 2 is 1.94 bits per heavy atom. The van der Waals surface area contributed by atoms with E-state index in [9.17, 15) is 18.0 Å². The molecule has 0 radical (unpaired) electrons. The number of nitrogens with one attached hydrogen (secondary N) is 2. The lowest BCUT2D eigenvalue weighted by molar-refractivity contribution is -0.137. The van der Waals surface area contributed by atoms with E-state index in [0.29, 0.717) is 44.4 Å². The van der Waals surface area contributed by atoms with Gasteiger partial charge in [-0.25, -0.2) is 4.98 Å². The summed E-state index contributed by atoms with van der Waals surface area (Å²) in [7, 11) is 0. The predicted molar refractivity (Wildman–Crippen MR) is 110 cm³/mol. The van der Waals surface area contributed by atoms with Gasteiger partial charge < -0.3 is 24.9 Å². The van der Waals surface area contributed by atoms with Crippen LogP contribution in [0.2, 0.25) is 0 Å². The molecule has 2 aromatic heterocycles. The molecule has 1 amide bonds. The van der Waals surface area contributed by atoms with Crippen molar-refractivity contribution in [3.8, 4) is 0 Å². The third kappa shape index (κ3) is 5.89. The van der Waals surface area contributed by atoms with Crippen molar-refractivity contribution >= 4 is 17.7 Å². The van der Waals surface area contributed by atoms with Crippen LogP contribution in [0.1, 0.15) is 23.0 Å². The van der Waals surface area contributed by atoms with Crippen molar-refractivity contribution in [2.24, 2.45) is 4.99 Å². The first-order chi connectivity index (χ1) is 14.9. The van der Waals surface area contributed by atoms with E-state index in [1.807, 2.05) is 11.8 Å². The van der Waals surface area contributed by atoms with Gasteiger partial charge in [0.2, 0.25) is 0 Å². The molecule has 0 bridgehead atoms. The highest BCUT2D eigenvalue weighted by Gasteiger charge is 2.34. The van der Waals surface area contributed by atoms with E-state index in [1.54, 1.807) is 17.0 Å². The monoisotopic (exact) mass is 438 g/mol. The number of alkyl halides is 3. The van der Waals surface area contributed by atoms with Gasteiger partial charge in [0.15, 0.2) is 11.7 Å². The third-order valence-corrected chi connectivity index (χ3v) is 4.71. The van der Waals surface area contributed by atoms with Crippen molar-refractivity contribution in [2.45, 2.75) is 13.1 Å². The molecule has 0 aliphatic carbocycles. The Morgan fingerprint density at radius 3 is 2.58 bits per heavy atom. The number of furan rings is 1. The molecular weight excluding hydrogens is 413 g/mol. The van der Waals surface area contributed by atoms with Gasteiger partial charge in [-0.3, -0.25) is 9.79 Å². The minimum absolute atomic E-state index is 0.147. The normalized spacial score (nSPS) is 15.2. The van der Waals surface area contributed by atoms with Crippen LogP contribution in [0, 0.1) is 0 Å². The molecule has 8 nitrogen and oxygen atoms in total. The quantitative estimate of drug-likeness (QED) is 0.410. The molecule has 3 rings (SSSR count). The first-order valence-corrected chi connectivity index (χ1v) is 10.0. The molecule has 0 saturated carbocycles. The zero-order chi connectivity index (χ0) is 22.3. The minimum Gasteiger partial charge on any atom is -0.459 e. The highest BCUT2D eigenvalue weighted by Crippen LogP contribution is 2.33. The van der Waals surface area contributed by atoms with Crippen LogP contribution in [-0.4, -0.2) is 72.5 Å². The van der Waals surface area contributed by atoms with Gasteiger partial charge >= 0.3 is 6.18 Å². The Bertz CT molecular complexity index is 877. The number of hydrogen-bond acceptors (Lipinski definition) is 5. The summed E-state index contributed by atoms with van der Waals surface area (Å²) < 4.78 is 44.3. The van der Waals surface area contributed by atoms with Gasteiger partial charge in [-0.2, -0.15) is 13.2 Å². The van der Waals surface area contributed by atoms with E-state index in [0.717, 1.165) is 6.07 Å². The van der Waals surface area contributed by atoms with Crippen LogP contribution in [0.4, 0.5) is 19.0 Å². The Hall–Kier alpha value is -3.24. The van der Waals surface area contributed by atoms with Crippen LogP contribution in [0.5, 0.6) is 0 Å². The van der Waals surface area contributed by atoms with Crippen LogP contribution in [0.25, 0.3) is 0 Å². The van der Waals surface area contributed by atoms with Gasteiger partial charge in [0.05, 0.1) is 18.4 Å². The molecule has 1 saturated heterocycles. The molecule has 2 N–H and O–H groups in total. The molecule has 11 heteroatoms. The van der Waals surface area contributed by atoms with Crippen molar-refractivity contribution < 1.29 is 22.4 Å². The van der Waals surface area contributed by atoms with Crippen molar-refractivity contribution in [3.05, 3.63) is 48.0 Å². The summed E-state index contributed by atoms with van der Waals surface area (Å²) in [6.07, 6.45) is -1.69. The van der Waals surface area contributed by atoms with E-state index in [-0.39, 0.29) is 24.8 Å². The van der Waals surface area contributed by atoms with Crippen molar-refractivity contribution in [3.63, 3.8) is 0 Å². The summed E-state index contributed by atoms with van der Waals surface area (Å²) in [6.45, 7) is 5.27. The number of piperazine rings is 1. The van der Waals surface area contributed by atoms with Gasteiger partial charge in [-0.15, -0.1) is 0 Å². The number of amides is 1. The van der Waals surface area contributed by atoms with Gasteiger partial charge in [0.25, 0.3) is 5.91 Å². The predicted octanol–water partition coefficient (Wildman–Crippen LogP) is 2.53. The summed E-state index contributed by atoms with van der Waals surface area (Å²) in [5, 5.41) is 5.90. The summed E-state index contributed by atoms with van der Waals surface area (Å²) in [5.74, 6) is 0.617. The highest BCUT2D eigenvalue weighted by atomic mass is 19.4. The zero-order valence-electron chi connectivity index (χ0n) is 17.2. The summed E-state index contributed by atoms with van der Waals surface area (Å²) in [5.41, 5.74) is -0.803. The lowest BCUT2D eigenvalue weighted by Crippen LogP contribution is -2.53. The second kappa shape index (κ2) is 10.2. The molecule has 3 heterocycles. The maximum Gasteiger partial charge on any atom is 0.419 e. The molecule has 1 aliphatic rings. The van der Waals surface area contributed by atoms with E-state index in [1.165, 1.54) is 18.5 Å².